The van der Waals surface area contributed by atoms with Gasteiger partial charge in [-0.3, -0.25) is 15.1 Å². The number of nitrogens with one attached hydrogen (secondary N) is 2. The molecule has 4 rings (SSSR count). The molecule has 0 saturated carbocycles. The van der Waals surface area contributed by atoms with E-state index in [1.807, 2.05) is 36.4 Å². The Morgan fingerprint density at radius 1 is 0.765 bits per heavy atom. The Balaban J connectivity index is 1.34. The number of nitrogens with zero attached hydrogens (tertiary/aromatic N) is 1. The van der Waals surface area contributed by atoms with Gasteiger partial charge in [0.1, 0.15) is 12.4 Å². The molecule has 1 heterocycles. The Hall–Kier alpha value is -4.65. The number of carbonyl (C=O) groups is 2. The topological polar surface area (TPSA) is 89.6 Å². The Morgan fingerprint density at radius 3 is 2.03 bits per heavy atom. The third-order valence-corrected chi connectivity index (χ3v) is 5.10. The van der Waals surface area contributed by atoms with Gasteiger partial charge in [-0.25, -0.2) is 4.79 Å². The van der Waals surface area contributed by atoms with Crippen LogP contribution >= 0.6 is 0 Å². The molecule has 170 valence electrons. The molecule has 2 N–H and O–H groups in total. The highest BCUT2D eigenvalue weighted by Gasteiger charge is 2.12. The van der Waals surface area contributed by atoms with Gasteiger partial charge in [0.05, 0.1) is 18.5 Å². The van der Waals surface area contributed by atoms with Crippen LogP contribution in [-0.4, -0.2) is 24.1 Å². The first-order valence-corrected chi connectivity index (χ1v) is 10.6. The molecule has 0 unspecified atom stereocenters. The summed E-state index contributed by atoms with van der Waals surface area (Å²) in [5.41, 5.74) is 4.33. The van der Waals surface area contributed by atoms with Crippen molar-refractivity contribution < 1.29 is 19.1 Å². The second-order valence-corrected chi connectivity index (χ2v) is 7.36. The molecule has 0 aliphatic carbocycles. The normalized spacial score (nSPS) is 10.3. The van der Waals surface area contributed by atoms with Crippen molar-refractivity contribution >= 4 is 23.4 Å². The quantitative estimate of drug-likeness (QED) is 0.371. The number of ether oxygens (including phenoxy) is 2. The van der Waals surface area contributed by atoms with Crippen molar-refractivity contribution in [3.63, 3.8) is 0 Å². The predicted octanol–water partition coefficient (Wildman–Crippen LogP) is 5.76. The molecule has 0 fully saturated rings. The Morgan fingerprint density at radius 2 is 1.38 bits per heavy atom. The van der Waals surface area contributed by atoms with Crippen molar-refractivity contribution in [1.82, 2.24) is 4.98 Å². The molecular formula is C27H23N3O4. The lowest BCUT2D eigenvalue weighted by atomic mass is 10.1. The summed E-state index contributed by atoms with van der Waals surface area (Å²) in [5.74, 6) is 0.355. The minimum absolute atomic E-state index is 0.114. The monoisotopic (exact) mass is 453 g/mol. The first-order chi connectivity index (χ1) is 16.6. The zero-order chi connectivity index (χ0) is 23.8. The average molecular weight is 453 g/mol. The fourth-order valence-corrected chi connectivity index (χ4v) is 3.27. The summed E-state index contributed by atoms with van der Waals surface area (Å²) in [7, 11) is 1.56. The van der Waals surface area contributed by atoms with E-state index in [0.29, 0.717) is 22.7 Å². The second kappa shape index (κ2) is 10.8. The van der Waals surface area contributed by atoms with Crippen LogP contribution in [0, 0.1) is 0 Å². The van der Waals surface area contributed by atoms with Crippen LogP contribution in [-0.2, 0) is 11.3 Å². The summed E-state index contributed by atoms with van der Waals surface area (Å²) in [6.45, 7) is 0.114. The fourth-order valence-electron chi connectivity index (χ4n) is 3.27. The minimum atomic E-state index is -0.621. The summed E-state index contributed by atoms with van der Waals surface area (Å²) in [5, 5.41) is 5.50. The highest BCUT2D eigenvalue weighted by molar-refractivity contribution is 6.06. The zero-order valence-corrected chi connectivity index (χ0v) is 18.5. The number of hydrogen-bond acceptors (Lipinski definition) is 5. The number of aromatic nitrogens is 1. The Labute approximate surface area is 197 Å². The van der Waals surface area contributed by atoms with Crippen molar-refractivity contribution in [1.29, 1.82) is 0 Å². The number of carbonyl (C=O) groups excluding carboxylic acids is 2. The lowest BCUT2D eigenvalue weighted by molar-refractivity contribution is 0.102. The maximum absolute atomic E-state index is 12.6. The molecular weight excluding hydrogens is 430 g/mol. The number of hydrogen-bond donors (Lipinski definition) is 2. The number of benzene rings is 3. The van der Waals surface area contributed by atoms with Gasteiger partial charge in [0.2, 0.25) is 0 Å². The van der Waals surface area contributed by atoms with Crippen molar-refractivity contribution in [2.45, 2.75) is 6.61 Å². The predicted molar refractivity (Wildman–Crippen MR) is 131 cm³/mol. The van der Waals surface area contributed by atoms with E-state index in [9.17, 15) is 9.59 Å². The SMILES string of the molecule is COc1ccc(C(=O)Nc2ccccc2NC(=O)OCc2ccc(-c3ccncc3)cc2)cc1. The second-order valence-electron chi connectivity index (χ2n) is 7.36. The standard InChI is InChI=1S/C27H23N3O4/c1-33-23-12-10-22(11-13-23)26(31)29-24-4-2-3-5-25(24)30-27(32)34-18-19-6-8-20(9-7-19)21-14-16-28-17-15-21/h2-17H,18H2,1H3,(H,29,31)(H,30,32). The largest absolute Gasteiger partial charge is 0.497 e. The summed E-state index contributed by atoms with van der Waals surface area (Å²) < 4.78 is 10.5. The lowest BCUT2D eigenvalue weighted by Crippen LogP contribution is -2.17. The van der Waals surface area contributed by atoms with Crippen LogP contribution in [0.5, 0.6) is 5.75 Å². The molecule has 0 bridgehead atoms. The smallest absolute Gasteiger partial charge is 0.412 e. The minimum Gasteiger partial charge on any atom is -0.497 e. The highest BCUT2D eigenvalue weighted by atomic mass is 16.5. The van der Waals surface area contributed by atoms with Gasteiger partial charge in [0.25, 0.3) is 5.91 Å². The molecule has 0 radical (unpaired) electrons. The molecule has 7 nitrogen and oxygen atoms in total. The van der Waals surface area contributed by atoms with Gasteiger partial charge in [-0.15, -0.1) is 0 Å². The molecule has 0 aliphatic heterocycles. The molecule has 0 atom stereocenters. The van der Waals surface area contributed by atoms with Crippen LogP contribution < -0.4 is 15.4 Å². The third kappa shape index (κ3) is 5.77. The number of methoxy groups -OCH3 is 1. The van der Waals surface area contributed by atoms with E-state index in [4.69, 9.17) is 9.47 Å². The number of amides is 2. The molecule has 0 saturated heterocycles. The summed E-state index contributed by atoms with van der Waals surface area (Å²) in [6, 6.07) is 25.3. The van der Waals surface area contributed by atoms with Crippen molar-refractivity contribution in [2.24, 2.45) is 0 Å². The molecule has 34 heavy (non-hydrogen) atoms. The van der Waals surface area contributed by atoms with E-state index in [2.05, 4.69) is 15.6 Å². The van der Waals surface area contributed by atoms with Crippen LogP contribution in [0.25, 0.3) is 11.1 Å². The van der Waals surface area contributed by atoms with Gasteiger partial charge in [0.15, 0.2) is 0 Å². The first-order valence-electron chi connectivity index (χ1n) is 10.6. The van der Waals surface area contributed by atoms with Crippen LogP contribution in [0.3, 0.4) is 0 Å². The maximum atomic E-state index is 12.6. The fraction of sp³-hybridized carbons (Fsp3) is 0.0741. The molecule has 7 heteroatoms. The Bertz CT molecular complexity index is 1260. The summed E-state index contributed by atoms with van der Waals surface area (Å²) in [4.78, 5) is 29.0. The van der Waals surface area contributed by atoms with Crippen LogP contribution in [0.15, 0.2) is 97.3 Å². The van der Waals surface area contributed by atoms with E-state index in [-0.39, 0.29) is 12.5 Å². The van der Waals surface area contributed by atoms with E-state index < -0.39 is 6.09 Å². The lowest BCUT2D eigenvalue weighted by Gasteiger charge is -2.13. The first kappa shape index (κ1) is 22.5. The maximum Gasteiger partial charge on any atom is 0.412 e. The zero-order valence-electron chi connectivity index (χ0n) is 18.5. The summed E-state index contributed by atoms with van der Waals surface area (Å²) in [6.07, 6.45) is 2.87. The van der Waals surface area contributed by atoms with Crippen LogP contribution in [0.1, 0.15) is 15.9 Å². The average Bonchev–Trinajstić information content (AvgIpc) is 2.89. The molecule has 3 aromatic carbocycles. The van der Waals surface area contributed by atoms with Crippen molar-refractivity contribution in [2.75, 3.05) is 17.7 Å². The van der Waals surface area contributed by atoms with E-state index >= 15 is 0 Å². The number of pyridine rings is 1. The van der Waals surface area contributed by atoms with Crippen molar-refractivity contribution in [3.05, 3.63) is 108 Å². The molecule has 1 aromatic heterocycles. The van der Waals surface area contributed by atoms with E-state index in [1.165, 1.54) is 0 Å². The van der Waals surface area contributed by atoms with E-state index in [1.54, 1.807) is 68.0 Å². The van der Waals surface area contributed by atoms with Gasteiger partial charge in [-0.1, -0.05) is 36.4 Å². The highest BCUT2D eigenvalue weighted by Crippen LogP contribution is 2.23. The van der Waals surface area contributed by atoms with Crippen LogP contribution in [0.2, 0.25) is 0 Å². The number of anilines is 2. The summed E-state index contributed by atoms with van der Waals surface area (Å²) >= 11 is 0. The number of rotatable bonds is 7. The molecule has 0 aliphatic rings. The Kier molecular flexibility index (Phi) is 7.15. The van der Waals surface area contributed by atoms with Gasteiger partial charge in [-0.2, -0.15) is 0 Å². The van der Waals surface area contributed by atoms with Crippen molar-refractivity contribution in [3.8, 4) is 16.9 Å². The van der Waals surface area contributed by atoms with Gasteiger partial charge in [-0.05, 0) is 65.2 Å². The molecule has 4 aromatic rings. The van der Waals surface area contributed by atoms with Gasteiger partial charge >= 0.3 is 6.09 Å². The van der Waals surface area contributed by atoms with E-state index in [0.717, 1.165) is 16.7 Å². The molecule has 0 spiro atoms. The van der Waals surface area contributed by atoms with Gasteiger partial charge < -0.3 is 14.8 Å². The third-order valence-electron chi connectivity index (χ3n) is 5.10. The van der Waals surface area contributed by atoms with Gasteiger partial charge in [0, 0.05) is 18.0 Å². The van der Waals surface area contributed by atoms with Crippen LogP contribution in [0.4, 0.5) is 16.2 Å². The number of para-hydroxylation sites is 2. The molecule has 2 amide bonds.